The maximum atomic E-state index is 6.10. The first-order valence-electron chi connectivity index (χ1n) is 6.75. The summed E-state index contributed by atoms with van der Waals surface area (Å²) in [5, 5.41) is 3.19. The van der Waals surface area contributed by atoms with Crippen molar-refractivity contribution in [1.29, 1.82) is 0 Å². The second-order valence-electron chi connectivity index (χ2n) is 4.67. The van der Waals surface area contributed by atoms with Gasteiger partial charge in [-0.1, -0.05) is 18.2 Å². The topological polar surface area (TPSA) is 86.0 Å². The number of nitrogens with zero attached hydrogens (tertiary/aromatic N) is 3. The van der Waals surface area contributed by atoms with E-state index in [4.69, 9.17) is 10.5 Å². The quantitative estimate of drug-likeness (QED) is 0.767. The van der Waals surface area contributed by atoms with E-state index < -0.39 is 0 Å². The normalized spacial score (nSPS) is 10.2. The molecule has 22 heavy (non-hydrogen) atoms. The van der Waals surface area contributed by atoms with Crippen molar-refractivity contribution in [3.8, 4) is 11.6 Å². The highest BCUT2D eigenvalue weighted by Crippen LogP contribution is 2.31. The highest BCUT2D eigenvalue weighted by Gasteiger charge is 2.11. The number of nitrogens with two attached hydrogens (primary N) is 1. The Kier molecular flexibility index (Phi) is 3.82. The molecule has 0 aliphatic carbocycles. The lowest BCUT2D eigenvalue weighted by atomic mass is 10.2. The van der Waals surface area contributed by atoms with Crippen molar-refractivity contribution in [2.24, 2.45) is 0 Å². The number of hydrogen-bond acceptors (Lipinski definition) is 6. The van der Waals surface area contributed by atoms with Gasteiger partial charge in [0.2, 0.25) is 5.88 Å². The van der Waals surface area contributed by atoms with Gasteiger partial charge in [-0.25, -0.2) is 4.98 Å². The smallest absolute Gasteiger partial charge is 0.248 e. The summed E-state index contributed by atoms with van der Waals surface area (Å²) in [6, 6.07) is 11.4. The number of anilines is 3. The molecule has 0 aliphatic rings. The van der Waals surface area contributed by atoms with E-state index in [-0.39, 0.29) is 0 Å². The van der Waals surface area contributed by atoms with Crippen LogP contribution in [0.1, 0.15) is 5.56 Å². The number of benzene rings is 1. The maximum absolute atomic E-state index is 6.10. The first kappa shape index (κ1) is 13.8. The molecule has 2 aromatic heterocycles. The lowest BCUT2D eigenvalue weighted by molar-refractivity contribution is 0.462. The van der Waals surface area contributed by atoms with Gasteiger partial charge in [0.05, 0.1) is 6.20 Å². The number of hydrogen-bond donors (Lipinski definition) is 2. The number of nitrogens with one attached hydrogen (secondary N) is 1. The van der Waals surface area contributed by atoms with Gasteiger partial charge >= 0.3 is 0 Å². The fourth-order valence-corrected chi connectivity index (χ4v) is 1.92. The van der Waals surface area contributed by atoms with Crippen LogP contribution >= 0.6 is 0 Å². The third kappa shape index (κ3) is 2.95. The predicted molar refractivity (Wildman–Crippen MR) is 85.2 cm³/mol. The van der Waals surface area contributed by atoms with Crippen molar-refractivity contribution in [2.45, 2.75) is 6.92 Å². The average molecular weight is 293 g/mol. The molecule has 0 atom stereocenters. The minimum absolute atomic E-state index is 0.291. The summed E-state index contributed by atoms with van der Waals surface area (Å²) in [6.07, 6.45) is 4.67. The van der Waals surface area contributed by atoms with Gasteiger partial charge in [-0.2, -0.15) is 4.98 Å². The first-order chi connectivity index (χ1) is 10.7. The van der Waals surface area contributed by atoms with Crippen molar-refractivity contribution in [2.75, 3.05) is 11.1 Å². The predicted octanol–water partition coefficient (Wildman–Crippen LogP) is 3.30. The van der Waals surface area contributed by atoms with E-state index in [0.717, 1.165) is 11.3 Å². The van der Waals surface area contributed by atoms with Crippen molar-refractivity contribution in [1.82, 2.24) is 15.0 Å². The Balaban J connectivity index is 1.88. The number of ether oxygens (including phenoxy) is 1. The molecule has 0 spiro atoms. The Hall–Kier alpha value is -3.15. The van der Waals surface area contributed by atoms with Crippen LogP contribution in [0, 0.1) is 6.92 Å². The van der Waals surface area contributed by atoms with Crippen LogP contribution in [0.15, 0.2) is 55.1 Å². The number of rotatable bonds is 4. The average Bonchev–Trinajstić information content (AvgIpc) is 2.54. The number of aromatic nitrogens is 3. The second-order valence-corrected chi connectivity index (χ2v) is 4.67. The summed E-state index contributed by atoms with van der Waals surface area (Å²) in [5.74, 6) is 1.36. The van der Waals surface area contributed by atoms with Crippen LogP contribution in [-0.4, -0.2) is 15.0 Å². The molecular formula is C16H15N5O. The SMILES string of the molecule is Cc1ccccc1Nc1ncnc(Oc2cccnc2)c1N. The Bertz CT molecular complexity index is 776. The summed E-state index contributed by atoms with van der Waals surface area (Å²) in [6.45, 7) is 2.01. The highest BCUT2D eigenvalue weighted by atomic mass is 16.5. The van der Waals surface area contributed by atoms with Crippen LogP contribution in [0.2, 0.25) is 0 Å². The van der Waals surface area contributed by atoms with E-state index in [1.807, 2.05) is 31.2 Å². The van der Waals surface area contributed by atoms with E-state index in [0.29, 0.717) is 23.1 Å². The first-order valence-corrected chi connectivity index (χ1v) is 6.75. The van der Waals surface area contributed by atoms with E-state index in [2.05, 4.69) is 20.3 Å². The second kappa shape index (κ2) is 6.09. The molecule has 1 aromatic carbocycles. The Labute approximate surface area is 128 Å². The van der Waals surface area contributed by atoms with Crippen LogP contribution < -0.4 is 15.8 Å². The Morgan fingerprint density at radius 3 is 2.73 bits per heavy atom. The molecule has 3 aromatic rings. The van der Waals surface area contributed by atoms with Crippen LogP contribution in [0.3, 0.4) is 0 Å². The zero-order chi connectivity index (χ0) is 15.4. The Morgan fingerprint density at radius 2 is 1.95 bits per heavy atom. The minimum Gasteiger partial charge on any atom is -0.435 e. The van der Waals surface area contributed by atoms with E-state index >= 15 is 0 Å². The maximum Gasteiger partial charge on any atom is 0.248 e. The molecule has 6 heteroatoms. The number of para-hydroxylation sites is 1. The molecule has 0 amide bonds. The molecule has 3 rings (SSSR count). The van der Waals surface area contributed by atoms with Crippen molar-refractivity contribution in [3.05, 3.63) is 60.7 Å². The third-order valence-electron chi connectivity index (χ3n) is 3.09. The summed E-state index contributed by atoms with van der Waals surface area (Å²) < 4.78 is 5.64. The van der Waals surface area contributed by atoms with Gasteiger partial charge in [-0.3, -0.25) is 4.98 Å². The van der Waals surface area contributed by atoms with Crippen LogP contribution in [0.25, 0.3) is 0 Å². The summed E-state index contributed by atoms with van der Waals surface area (Å²) in [7, 11) is 0. The van der Waals surface area contributed by atoms with Gasteiger partial charge in [0.15, 0.2) is 5.82 Å². The van der Waals surface area contributed by atoms with Crippen LogP contribution in [0.4, 0.5) is 17.2 Å². The van der Waals surface area contributed by atoms with Gasteiger partial charge in [0.25, 0.3) is 0 Å². The monoisotopic (exact) mass is 293 g/mol. The van der Waals surface area contributed by atoms with Crippen LogP contribution in [-0.2, 0) is 0 Å². The standard InChI is InChI=1S/C16H15N5O/c1-11-5-2-3-7-13(11)21-15-14(17)16(20-10-19-15)22-12-6-4-8-18-9-12/h2-10H,17H2,1H3,(H,19,20,21). The van der Waals surface area contributed by atoms with Crippen molar-refractivity contribution >= 4 is 17.2 Å². The molecule has 0 bridgehead atoms. The molecular weight excluding hydrogens is 278 g/mol. The molecule has 0 radical (unpaired) electrons. The summed E-state index contributed by atoms with van der Waals surface area (Å²) >= 11 is 0. The number of pyridine rings is 1. The zero-order valence-electron chi connectivity index (χ0n) is 12.0. The minimum atomic E-state index is 0.291. The zero-order valence-corrected chi connectivity index (χ0v) is 12.0. The van der Waals surface area contributed by atoms with Crippen molar-refractivity contribution < 1.29 is 4.74 Å². The molecule has 0 aliphatic heterocycles. The fourth-order valence-electron chi connectivity index (χ4n) is 1.92. The van der Waals surface area contributed by atoms with E-state index in [9.17, 15) is 0 Å². The van der Waals surface area contributed by atoms with E-state index in [1.54, 1.807) is 24.5 Å². The van der Waals surface area contributed by atoms with Gasteiger partial charge in [-0.15, -0.1) is 0 Å². The molecule has 0 saturated carbocycles. The molecule has 0 unspecified atom stereocenters. The van der Waals surface area contributed by atoms with Crippen molar-refractivity contribution in [3.63, 3.8) is 0 Å². The van der Waals surface area contributed by atoms with Gasteiger partial charge < -0.3 is 15.8 Å². The van der Waals surface area contributed by atoms with Gasteiger partial charge in [0.1, 0.15) is 17.8 Å². The summed E-state index contributed by atoms with van der Waals surface area (Å²) in [4.78, 5) is 12.2. The molecule has 0 fully saturated rings. The van der Waals surface area contributed by atoms with Gasteiger partial charge in [0, 0.05) is 11.9 Å². The molecule has 110 valence electrons. The summed E-state index contributed by atoms with van der Waals surface area (Å²) in [5.41, 5.74) is 8.46. The molecule has 0 saturated heterocycles. The third-order valence-corrected chi connectivity index (χ3v) is 3.09. The number of nitrogen functional groups attached to an aromatic ring is 1. The Morgan fingerprint density at radius 1 is 1.09 bits per heavy atom. The molecule has 3 N–H and O–H groups in total. The molecule has 6 nitrogen and oxygen atoms in total. The molecule has 2 heterocycles. The van der Waals surface area contributed by atoms with Gasteiger partial charge in [-0.05, 0) is 30.7 Å². The lowest BCUT2D eigenvalue weighted by Gasteiger charge is -2.12. The van der Waals surface area contributed by atoms with Crippen LogP contribution in [0.5, 0.6) is 11.6 Å². The largest absolute Gasteiger partial charge is 0.435 e. The number of aryl methyl sites for hydroxylation is 1. The highest BCUT2D eigenvalue weighted by molar-refractivity contribution is 5.73. The van der Waals surface area contributed by atoms with E-state index in [1.165, 1.54) is 6.33 Å². The lowest BCUT2D eigenvalue weighted by Crippen LogP contribution is -2.03. The fraction of sp³-hybridized carbons (Fsp3) is 0.0625.